The molecule has 0 bridgehead atoms. The highest BCUT2D eigenvalue weighted by atomic mass is 19.4. The third kappa shape index (κ3) is 6.06. The fourth-order valence-electron chi connectivity index (χ4n) is 2.57. The zero-order valence-corrected chi connectivity index (χ0v) is 15.6. The Bertz CT molecular complexity index is 1020. The molecule has 0 aliphatic rings. The van der Waals surface area contributed by atoms with Crippen LogP contribution in [-0.4, -0.2) is 27.7 Å². The van der Waals surface area contributed by atoms with Gasteiger partial charge in [-0.1, -0.05) is 19.1 Å². The van der Waals surface area contributed by atoms with Crippen molar-refractivity contribution in [1.82, 2.24) is 15.0 Å². The van der Waals surface area contributed by atoms with E-state index in [1.807, 2.05) is 6.92 Å². The number of hydrogen-bond donors (Lipinski definition) is 2. The Morgan fingerprint density at radius 3 is 2.69 bits per heavy atom. The smallest absolute Gasteiger partial charge is 0.422 e. The molecule has 0 fully saturated rings. The van der Waals surface area contributed by atoms with Gasteiger partial charge in [-0.15, -0.1) is 0 Å². The Morgan fingerprint density at radius 1 is 1.17 bits per heavy atom. The van der Waals surface area contributed by atoms with Gasteiger partial charge >= 0.3 is 6.18 Å². The van der Waals surface area contributed by atoms with Gasteiger partial charge in [-0.25, -0.2) is 9.97 Å². The van der Waals surface area contributed by atoms with E-state index in [-0.39, 0.29) is 11.3 Å². The van der Waals surface area contributed by atoms with Crippen molar-refractivity contribution in [1.29, 1.82) is 0 Å². The molecule has 0 spiro atoms. The minimum absolute atomic E-state index is 0.149. The molecule has 29 heavy (non-hydrogen) atoms. The van der Waals surface area contributed by atoms with Gasteiger partial charge in [-0.2, -0.15) is 13.2 Å². The van der Waals surface area contributed by atoms with Gasteiger partial charge in [0.15, 0.2) is 6.61 Å². The molecule has 0 saturated carbocycles. The van der Waals surface area contributed by atoms with E-state index >= 15 is 0 Å². The van der Waals surface area contributed by atoms with Gasteiger partial charge in [0.2, 0.25) is 0 Å². The maximum atomic E-state index is 12.3. The SMILES string of the molecule is CCc1cc(=O)[nH]c(-c2ccc(NCc3cccc(OCC(F)(F)F)c3)nc2)n1. The number of aromatic nitrogens is 3. The van der Waals surface area contributed by atoms with Crippen LogP contribution in [0.5, 0.6) is 5.75 Å². The average molecular weight is 404 g/mol. The minimum Gasteiger partial charge on any atom is -0.484 e. The molecule has 2 N–H and O–H groups in total. The predicted molar refractivity (Wildman–Crippen MR) is 103 cm³/mol. The van der Waals surface area contributed by atoms with Crippen LogP contribution in [-0.2, 0) is 13.0 Å². The van der Waals surface area contributed by atoms with E-state index in [9.17, 15) is 18.0 Å². The fourth-order valence-corrected chi connectivity index (χ4v) is 2.57. The van der Waals surface area contributed by atoms with Crippen molar-refractivity contribution in [3.63, 3.8) is 0 Å². The van der Waals surface area contributed by atoms with Crippen molar-refractivity contribution in [3.05, 3.63) is 70.3 Å². The van der Waals surface area contributed by atoms with Gasteiger partial charge in [-0.3, -0.25) is 4.79 Å². The van der Waals surface area contributed by atoms with Gasteiger partial charge in [-0.05, 0) is 36.2 Å². The monoisotopic (exact) mass is 404 g/mol. The van der Waals surface area contributed by atoms with Crippen LogP contribution in [0.1, 0.15) is 18.2 Å². The second-order valence-corrected chi connectivity index (χ2v) is 6.28. The predicted octanol–water partition coefficient (Wildman–Crippen LogP) is 3.95. The van der Waals surface area contributed by atoms with E-state index < -0.39 is 12.8 Å². The lowest BCUT2D eigenvalue weighted by Gasteiger charge is -2.11. The molecule has 6 nitrogen and oxygen atoms in total. The lowest BCUT2D eigenvalue weighted by Crippen LogP contribution is -2.19. The molecule has 0 aliphatic carbocycles. The maximum Gasteiger partial charge on any atom is 0.422 e. The highest BCUT2D eigenvalue weighted by Gasteiger charge is 2.28. The quantitative estimate of drug-likeness (QED) is 0.623. The molecule has 0 aliphatic heterocycles. The zero-order chi connectivity index (χ0) is 20.9. The molecule has 152 valence electrons. The molecule has 2 aromatic heterocycles. The first-order valence-electron chi connectivity index (χ1n) is 8.91. The number of halogens is 3. The normalized spacial score (nSPS) is 11.3. The van der Waals surface area contributed by atoms with E-state index in [1.165, 1.54) is 18.2 Å². The number of hydrogen-bond acceptors (Lipinski definition) is 5. The summed E-state index contributed by atoms with van der Waals surface area (Å²) in [5, 5.41) is 3.09. The highest BCUT2D eigenvalue weighted by Crippen LogP contribution is 2.20. The van der Waals surface area contributed by atoms with Crippen LogP contribution in [0.25, 0.3) is 11.4 Å². The van der Waals surface area contributed by atoms with Crippen LogP contribution in [0.4, 0.5) is 19.0 Å². The first-order valence-corrected chi connectivity index (χ1v) is 8.91. The van der Waals surface area contributed by atoms with Crippen LogP contribution in [0.15, 0.2) is 53.5 Å². The van der Waals surface area contributed by atoms with Crippen LogP contribution < -0.4 is 15.6 Å². The van der Waals surface area contributed by atoms with Crippen LogP contribution in [0.2, 0.25) is 0 Å². The lowest BCUT2D eigenvalue weighted by atomic mass is 10.2. The first-order chi connectivity index (χ1) is 13.8. The van der Waals surface area contributed by atoms with Crippen molar-refractivity contribution >= 4 is 5.82 Å². The number of rotatable bonds is 7. The number of aromatic amines is 1. The number of ether oxygens (including phenoxy) is 1. The molecule has 2 heterocycles. The van der Waals surface area contributed by atoms with E-state index in [1.54, 1.807) is 30.5 Å². The third-order valence-corrected chi connectivity index (χ3v) is 3.97. The molecule has 3 aromatic rings. The summed E-state index contributed by atoms with van der Waals surface area (Å²) >= 11 is 0. The van der Waals surface area contributed by atoms with Crippen LogP contribution in [0.3, 0.4) is 0 Å². The number of aryl methyl sites for hydroxylation is 1. The largest absolute Gasteiger partial charge is 0.484 e. The van der Waals surface area contributed by atoms with Crippen molar-refractivity contribution in [2.75, 3.05) is 11.9 Å². The Kier molecular flexibility index (Phi) is 6.16. The van der Waals surface area contributed by atoms with Gasteiger partial charge < -0.3 is 15.0 Å². The van der Waals surface area contributed by atoms with Crippen molar-refractivity contribution in [2.24, 2.45) is 0 Å². The van der Waals surface area contributed by atoms with Crippen molar-refractivity contribution in [2.45, 2.75) is 26.1 Å². The summed E-state index contributed by atoms with van der Waals surface area (Å²) in [5.41, 5.74) is 1.89. The van der Waals surface area contributed by atoms with Gasteiger partial charge in [0, 0.05) is 30.1 Å². The fraction of sp³-hybridized carbons (Fsp3) is 0.250. The first kappa shape index (κ1) is 20.4. The Morgan fingerprint density at radius 2 is 2.00 bits per heavy atom. The standard InChI is InChI=1S/C20H19F3N4O2/c1-2-15-9-18(28)27-19(26-15)14-6-7-17(25-11-14)24-10-13-4-3-5-16(8-13)29-12-20(21,22)23/h3-9,11H,2,10,12H2,1H3,(H,24,25)(H,26,27,28). The number of anilines is 1. The van der Waals surface area contributed by atoms with E-state index in [2.05, 4.69) is 20.3 Å². The van der Waals surface area contributed by atoms with E-state index in [0.29, 0.717) is 35.9 Å². The summed E-state index contributed by atoms with van der Waals surface area (Å²) in [7, 11) is 0. The molecule has 0 radical (unpaired) electrons. The topological polar surface area (TPSA) is 79.9 Å². The average Bonchev–Trinajstić information content (AvgIpc) is 2.70. The molecular formula is C20H19F3N4O2. The molecule has 0 unspecified atom stereocenters. The van der Waals surface area contributed by atoms with Crippen molar-refractivity contribution in [3.8, 4) is 17.1 Å². The number of nitrogens with zero attached hydrogens (tertiary/aromatic N) is 2. The summed E-state index contributed by atoms with van der Waals surface area (Å²) < 4.78 is 41.5. The molecular weight excluding hydrogens is 385 g/mol. The van der Waals surface area contributed by atoms with Crippen molar-refractivity contribution < 1.29 is 17.9 Å². The zero-order valence-electron chi connectivity index (χ0n) is 15.6. The summed E-state index contributed by atoms with van der Waals surface area (Å²) in [6, 6.07) is 11.4. The van der Waals surface area contributed by atoms with Crippen LogP contribution >= 0.6 is 0 Å². The molecule has 0 amide bonds. The summed E-state index contributed by atoms with van der Waals surface area (Å²) in [4.78, 5) is 23.1. The highest BCUT2D eigenvalue weighted by molar-refractivity contribution is 5.56. The van der Waals surface area contributed by atoms with E-state index in [0.717, 1.165) is 5.56 Å². The lowest BCUT2D eigenvalue weighted by molar-refractivity contribution is -0.153. The number of nitrogens with one attached hydrogen (secondary N) is 2. The summed E-state index contributed by atoms with van der Waals surface area (Å²) in [6.45, 7) is 0.943. The molecule has 9 heteroatoms. The second kappa shape index (κ2) is 8.76. The molecule has 0 atom stereocenters. The Labute approximate surface area is 164 Å². The molecule has 1 aromatic carbocycles. The van der Waals surface area contributed by atoms with E-state index in [4.69, 9.17) is 4.74 Å². The Balaban J connectivity index is 1.64. The van der Waals surface area contributed by atoms with Gasteiger partial charge in [0.25, 0.3) is 5.56 Å². The summed E-state index contributed by atoms with van der Waals surface area (Å²) in [6.07, 6.45) is -2.14. The third-order valence-electron chi connectivity index (χ3n) is 3.97. The summed E-state index contributed by atoms with van der Waals surface area (Å²) in [5.74, 6) is 1.17. The Hall–Kier alpha value is -3.36. The van der Waals surface area contributed by atoms with Crippen LogP contribution in [0, 0.1) is 0 Å². The van der Waals surface area contributed by atoms with Gasteiger partial charge in [0.05, 0.1) is 0 Å². The molecule has 3 rings (SSSR count). The van der Waals surface area contributed by atoms with Gasteiger partial charge in [0.1, 0.15) is 17.4 Å². The minimum atomic E-state index is -4.38. The number of benzene rings is 1. The number of alkyl halides is 3. The number of H-pyrrole nitrogens is 1. The molecule has 0 saturated heterocycles. The number of pyridine rings is 1. The maximum absolute atomic E-state index is 12.3. The second-order valence-electron chi connectivity index (χ2n) is 6.28.